The van der Waals surface area contributed by atoms with Gasteiger partial charge in [0.25, 0.3) is 10.1 Å². The van der Waals surface area contributed by atoms with Gasteiger partial charge in [0, 0.05) is 47.5 Å². The van der Waals surface area contributed by atoms with Gasteiger partial charge in [-0.05, 0) is 78.6 Å². The Bertz CT molecular complexity index is 2150. The van der Waals surface area contributed by atoms with Crippen molar-refractivity contribution in [1.29, 1.82) is 0 Å². The summed E-state index contributed by atoms with van der Waals surface area (Å²) in [6.45, 7) is 11.3. The zero-order valence-corrected chi connectivity index (χ0v) is 29.9. The first-order valence-electron chi connectivity index (χ1n) is 17.3. The van der Waals surface area contributed by atoms with E-state index in [1.54, 1.807) is 0 Å². The average Bonchev–Trinajstić information content (AvgIpc) is 3.43. The molecule has 4 aromatic rings. The molecule has 0 atom stereocenters. The van der Waals surface area contributed by atoms with Gasteiger partial charge in [0.1, 0.15) is 6.54 Å². The zero-order valence-electron chi connectivity index (χ0n) is 29.1. The third-order valence-corrected chi connectivity index (χ3v) is 10.9. The van der Waals surface area contributed by atoms with Gasteiger partial charge in [0.2, 0.25) is 5.69 Å². The Hall–Kier alpha value is -4.30. The Morgan fingerprint density at radius 1 is 0.755 bits per heavy atom. The molecule has 49 heavy (non-hydrogen) atoms. The molecule has 0 saturated carbocycles. The first-order chi connectivity index (χ1) is 23.4. The van der Waals surface area contributed by atoms with Gasteiger partial charge >= 0.3 is 0 Å². The van der Waals surface area contributed by atoms with Crippen LogP contribution in [-0.4, -0.2) is 48.6 Å². The van der Waals surface area contributed by atoms with Crippen LogP contribution in [0.15, 0.2) is 121 Å². The Labute approximate surface area is 291 Å². The van der Waals surface area contributed by atoms with Crippen LogP contribution in [0.3, 0.4) is 0 Å². The number of nitrogens with two attached hydrogens (primary N) is 1. The van der Waals surface area contributed by atoms with Gasteiger partial charge in [-0.15, -0.1) is 0 Å². The smallest absolute Gasteiger partial charge is 0.264 e. The molecule has 0 amide bonds. The number of rotatable bonds is 12. The fraction of sp³-hybridized carbons (Fsp3) is 0.310. The number of benzene rings is 4. The van der Waals surface area contributed by atoms with Crippen molar-refractivity contribution >= 4 is 48.7 Å². The van der Waals surface area contributed by atoms with Gasteiger partial charge in [-0.1, -0.05) is 98.8 Å². The molecule has 0 radical (unpaired) electrons. The highest BCUT2D eigenvalue weighted by atomic mass is 32.2. The van der Waals surface area contributed by atoms with Gasteiger partial charge in [-0.25, -0.2) is 0 Å². The fourth-order valence-corrected chi connectivity index (χ4v) is 8.41. The number of hydrogen-bond donors (Lipinski definition) is 2. The summed E-state index contributed by atoms with van der Waals surface area (Å²) in [5.74, 6) is -0.226. The van der Waals surface area contributed by atoms with E-state index in [0.29, 0.717) is 25.9 Å². The molecule has 2 aliphatic rings. The van der Waals surface area contributed by atoms with E-state index < -0.39 is 10.1 Å². The lowest BCUT2D eigenvalue weighted by Crippen LogP contribution is -2.28. The van der Waals surface area contributed by atoms with Crippen molar-refractivity contribution < 1.29 is 17.5 Å². The SMILES string of the molecule is CC1(C)C(/C=C/C=C/C=C/C=C2/N(CCCN)c3ccc4ccccc4c3C2(C)C)=[N+](CCCCS(=O)(=O)O)c2ccc3ccccc3c21. The van der Waals surface area contributed by atoms with Crippen molar-refractivity contribution in [3.63, 3.8) is 0 Å². The summed E-state index contributed by atoms with van der Waals surface area (Å²) < 4.78 is 34.3. The topological polar surface area (TPSA) is 86.6 Å². The van der Waals surface area contributed by atoms with E-state index in [4.69, 9.17) is 5.73 Å². The Balaban J connectivity index is 1.26. The molecule has 0 saturated heterocycles. The molecule has 6 nitrogen and oxygen atoms in total. The van der Waals surface area contributed by atoms with Crippen LogP contribution >= 0.6 is 0 Å². The lowest BCUT2D eigenvalue weighted by molar-refractivity contribution is -0.438. The van der Waals surface area contributed by atoms with Gasteiger partial charge < -0.3 is 10.6 Å². The number of fused-ring (bicyclic) bond motifs is 6. The quantitative estimate of drug-likeness (QED) is 0.0680. The van der Waals surface area contributed by atoms with Crippen LogP contribution in [0.4, 0.5) is 11.4 Å². The molecule has 0 fully saturated rings. The molecular formula is C42H48N3O3S+. The largest absolute Gasteiger partial charge is 0.344 e. The molecule has 0 bridgehead atoms. The van der Waals surface area contributed by atoms with E-state index in [2.05, 4.69) is 152 Å². The van der Waals surface area contributed by atoms with E-state index in [9.17, 15) is 13.0 Å². The molecule has 2 heterocycles. The van der Waals surface area contributed by atoms with Crippen molar-refractivity contribution in [2.45, 2.75) is 57.8 Å². The molecular weight excluding hydrogens is 627 g/mol. The lowest BCUT2D eigenvalue weighted by Gasteiger charge is -2.27. The minimum Gasteiger partial charge on any atom is -0.344 e. The summed E-state index contributed by atoms with van der Waals surface area (Å²) in [7, 11) is -3.98. The minimum absolute atomic E-state index is 0.159. The van der Waals surface area contributed by atoms with Gasteiger partial charge in [0.15, 0.2) is 5.71 Å². The summed E-state index contributed by atoms with van der Waals surface area (Å²) in [6.07, 6.45) is 16.8. The summed E-state index contributed by atoms with van der Waals surface area (Å²) in [6, 6.07) is 25.9. The van der Waals surface area contributed by atoms with Crippen molar-refractivity contribution in [2.24, 2.45) is 5.73 Å². The molecule has 254 valence electrons. The maximum atomic E-state index is 11.4. The third-order valence-electron chi connectivity index (χ3n) is 10.1. The van der Waals surface area contributed by atoms with Crippen molar-refractivity contribution in [3.05, 3.63) is 132 Å². The summed E-state index contributed by atoms with van der Waals surface area (Å²) >= 11 is 0. The summed E-state index contributed by atoms with van der Waals surface area (Å²) in [4.78, 5) is 2.44. The maximum absolute atomic E-state index is 11.4. The molecule has 0 aromatic heterocycles. The molecule has 0 unspecified atom stereocenters. The molecule has 0 spiro atoms. The van der Waals surface area contributed by atoms with Crippen molar-refractivity contribution in [1.82, 2.24) is 0 Å². The highest BCUT2D eigenvalue weighted by molar-refractivity contribution is 7.85. The second-order valence-electron chi connectivity index (χ2n) is 14.1. The number of allylic oxidation sites excluding steroid dienone is 8. The second kappa shape index (κ2) is 13.9. The highest BCUT2D eigenvalue weighted by Gasteiger charge is 2.45. The van der Waals surface area contributed by atoms with Crippen molar-refractivity contribution in [2.75, 3.05) is 30.3 Å². The third kappa shape index (κ3) is 6.80. The summed E-state index contributed by atoms with van der Waals surface area (Å²) in [5.41, 5.74) is 13.0. The standard InChI is InChI=1S/C42H47N3O3S/c1-41(2)37(44(28-14-15-30-49(46,47)48)35-25-23-31-17-10-12-19-33(31)39(35)41)21-8-6-5-7-9-22-38-42(3,4)40-34-20-13-11-18-32(34)24-26-36(40)45(38)29-16-27-43/h5-13,17-26H,14-16,27-30,43H2,1-4H3/p+1. The predicted molar refractivity (Wildman–Crippen MR) is 206 cm³/mol. The number of unbranched alkanes of at least 4 members (excludes halogenated alkanes) is 1. The lowest BCUT2D eigenvalue weighted by atomic mass is 9.79. The molecule has 7 heteroatoms. The second-order valence-corrected chi connectivity index (χ2v) is 15.7. The minimum atomic E-state index is -3.98. The van der Waals surface area contributed by atoms with Gasteiger partial charge in [-0.2, -0.15) is 13.0 Å². The van der Waals surface area contributed by atoms with Crippen LogP contribution in [0, 0.1) is 0 Å². The Morgan fingerprint density at radius 3 is 2.08 bits per heavy atom. The van der Waals surface area contributed by atoms with E-state index in [1.165, 1.54) is 44.1 Å². The normalized spacial score (nSPS) is 17.9. The van der Waals surface area contributed by atoms with Gasteiger partial charge in [-0.3, -0.25) is 4.55 Å². The van der Waals surface area contributed by atoms with Crippen LogP contribution < -0.4 is 10.6 Å². The average molecular weight is 675 g/mol. The molecule has 6 rings (SSSR count). The van der Waals surface area contributed by atoms with E-state index in [-0.39, 0.29) is 16.6 Å². The first-order valence-corrected chi connectivity index (χ1v) is 18.9. The van der Waals surface area contributed by atoms with Crippen LogP contribution in [-0.2, 0) is 20.9 Å². The molecule has 2 aliphatic heterocycles. The highest BCUT2D eigenvalue weighted by Crippen LogP contribution is 2.51. The molecule has 0 aliphatic carbocycles. The first kappa shape index (κ1) is 34.6. The monoisotopic (exact) mass is 674 g/mol. The molecule has 3 N–H and O–H groups in total. The van der Waals surface area contributed by atoms with Crippen molar-refractivity contribution in [3.8, 4) is 0 Å². The van der Waals surface area contributed by atoms with Crippen LogP contribution in [0.1, 0.15) is 58.1 Å². The number of nitrogens with zero attached hydrogens (tertiary/aromatic N) is 2. The predicted octanol–water partition coefficient (Wildman–Crippen LogP) is 8.74. The van der Waals surface area contributed by atoms with Gasteiger partial charge in [0.05, 0.1) is 11.2 Å². The fourth-order valence-electron chi connectivity index (χ4n) is 7.84. The Morgan fingerprint density at radius 2 is 1.39 bits per heavy atom. The maximum Gasteiger partial charge on any atom is 0.264 e. The zero-order chi connectivity index (χ0) is 34.8. The summed E-state index contributed by atoms with van der Waals surface area (Å²) in [5, 5.41) is 4.99. The van der Waals surface area contributed by atoms with Crippen LogP contribution in [0.5, 0.6) is 0 Å². The number of anilines is 1. The Kier molecular flexibility index (Phi) is 9.81. The van der Waals surface area contributed by atoms with Crippen LogP contribution in [0.25, 0.3) is 21.5 Å². The van der Waals surface area contributed by atoms with E-state index in [0.717, 1.165) is 24.4 Å². The van der Waals surface area contributed by atoms with E-state index >= 15 is 0 Å². The number of hydrogen-bond acceptors (Lipinski definition) is 4. The van der Waals surface area contributed by atoms with Crippen LogP contribution in [0.2, 0.25) is 0 Å². The molecule has 4 aromatic carbocycles. The van der Waals surface area contributed by atoms with E-state index in [1.807, 2.05) is 0 Å².